The van der Waals surface area contributed by atoms with Gasteiger partial charge in [0.05, 0.1) is 12.2 Å². The van der Waals surface area contributed by atoms with Crippen molar-refractivity contribution in [1.29, 1.82) is 0 Å². The summed E-state index contributed by atoms with van der Waals surface area (Å²) in [6.45, 7) is -1.03. The molecule has 2 N–H and O–H groups in total. The van der Waals surface area contributed by atoms with Gasteiger partial charge in [-0.05, 0) is 35.4 Å². The van der Waals surface area contributed by atoms with Crippen LogP contribution in [0.25, 0.3) is 11.1 Å². The van der Waals surface area contributed by atoms with Crippen molar-refractivity contribution in [3.63, 3.8) is 0 Å². The predicted molar refractivity (Wildman–Crippen MR) is 113 cm³/mol. The minimum Gasteiger partial charge on any atom is -0.426 e. The number of amides is 2. The van der Waals surface area contributed by atoms with Crippen molar-refractivity contribution in [1.82, 2.24) is 5.32 Å². The van der Waals surface area contributed by atoms with Crippen LogP contribution in [-0.2, 0) is 10.3 Å². The van der Waals surface area contributed by atoms with Gasteiger partial charge in [-0.15, -0.1) is 0 Å². The Morgan fingerprint density at radius 2 is 1.72 bits per heavy atom. The number of halogens is 4. The Balaban J connectivity index is 1.70. The van der Waals surface area contributed by atoms with Crippen LogP contribution in [0.2, 0.25) is 5.02 Å². The van der Waals surface area contributed by atoms with Crippen LogP contribution in [0.5, 0.6) is 0 Å². The first kappa shape index (κ1) is 21.7. The van der Waals surface area contributed by atoms with Gasteiger partial charge < -0.3 is 10.1 Å². The van der Waals surface area contributed by atoms with Gasteiger partial charge in [0.15, 0.2) is 0 Å². The number of hydrogen-bond acceptors (Lipinski definition) is 3. The highest BCUT2D eigenvalue weighted by Gasteiger charge is 2.62. The Hall–Kier alpha value is -3.52. The zero-order valence-corrected chi connectivity index (χ0v) is 17.1. The Morgan fingerprint density at radius 1 is 1.03 bits per heavy atom. The lowest BCUT2D eigenvalue weighted by Gasteiger charge is -2.39. The van der Waals surface area contributed by atoms with E-state index >= 15 is 0 Å². The van der Waals surface area contributed by atoms with Gasteiger partial charge in [-0.2, -0.15) is 13.2 Å². The smallest absolute Gasteiger partial charge is 0.426 e. The molecule has 0 aliphatic carbocycles. The normalized spacial score (nSPS) is 17.7. The summed E-state index contributed by atoms with van der Waals surface area (Å²) in [6, 6.07) is 19.2. The fourth-order valence-corrected chi connectivity index (χ4v) is 3.77. The molecule has 4 rings (SSSR count). The first-order valence-electron chi connectivity index (χ1n) is 9.51. The minimum absolute atomic E-state index is 0.0258. The fraction of sp³-hybridized carbons (Fsp3) is 0.130. The van der Waals surface area contributed by atoms with Gasteiger partial charge in [0.1, 0.15) is 0 Å². The van der Waals surface area contributed by atoms with Crippen molar-refractivity contribution in [2.24, 2.45) is 0 Å². The Kier molecular flexibility index (Phi) is 5.56. The molecule has 0 spiro atoms. The van der Waals surface area contributed by atoms with E-state index in [-0.39, 0.29) is 16.3 Å². The molecule has 5 nitrogen and oxygen atoms in total. The van der Waals surface area contributed by atoms with Gasteiger partial charge >= 0.3 is 12.3 Å². The Bertz CT molecular complexity index is 1180. The van der Waals surface area contributed by atoms with E-state index < -0.39 is 35.9 Å². The number of carbonyl (C=O) groups excluding carboxylic acids is 2. The van der Waals surface area contributed by atoms with Crippen LogP contribution < -0.4 is 10.6 Å². The molecule has 0 radical (unpaired) electrons. The van der Waals surface area contributed by atoms with Crippen LogP contribution >= 0.6 is 11.6 Å². The second-order valence-corrected chi connectivity index (χ2v) is 7.56. The maximum atomic E-state index is 14.3. The third-order valence-electron chi connectivity index (χ3n) is 5.13. The van der Waals surface area contributed by atoms with E-state index in [1.807, 2.05) is 6.07 Å². The maximum absolute atomic E-state index is 14.3. The van der Waals surface area contributed by atoms with Crippen LogP contribution in [0, 0.1) is 0 Å². The molecular formula is C23H16ClF3N2O3. The molecule has 3 aromatic rings. The maximum Gasteiger partial charge on any atom is 0.434 e. The highest BCUT2D eigenvalue weighted by Crippen LogP contribution is 2.47. The van der Waals surface area contributed by atoms with Crippen molar-refractivity contribution in [3.8, 4) is 11.1 Å². The average molecular weight is 461 g/mol. The molecule has 0 aromatic heterocycles. The van der Waals surface area contributed by atoms with Crippen molar-refractivity contribution in [3.05, 3.63) is 88.9 Å². The van der Waals surface area contributed by atoms with Crippen LogP contribution in [0.1, 0.15) is 15.9 Å². The molecule has 1 heterocycles. The Labute approximate surface area is 186 Å². The van der Waals surface area contributed by atoms with E-state index in [4.69, 9.17) is 16.3 Å². The molecule has 32 heavy (non-hydrogen) atoms. The zero-order chi connectivity index (χ0) is 22.9. The summed E-state index contributed by atoms with van der Waals surface area (Å²) in [6.07, 6.45) is -6.31. The molecular weight excluding hydrogens is 445 g/mol. The topological polar surface area (TPSA) is 67.4 Å². The average Bonchev–Trinajstić information content (AvgIpc) is 2.77. The third-order valence-corrected chi connectivity index (χ3v) is 5.37. The van der Waals surface area contributed by atoms with Crippen molar-refractivity contribution < 1.29 is 27.5 Å². The molecule has 1 aliphatic heterocycles. The molecule has 0 bridgehead atoms. The van der Waals surface area contributed by atoms with Gasteiger partial charge in [-0.1, -0.05) is 60.1 Å². The fourth-order valence-electron chi connectivity index (χ4n) is 3.60. The first-order valence-corrected chi connectivity index (χ1v) is 9.88. The number of ether oxygens (including phenoxy) is 1. The summed E-state index contributed by atoms with van der Waals surface area (Å²) in [5.74, 6) is -0.744. The van der Waals surface area contributed by atoms with Gasteiger partial charge in [-0.3, -0.25) is 10.1 Å². The second kappa shape index (κ2) is 8.20. The summed E-state index contributed by atoms with van der Waals surface area (Å²) in [5, 5.41) is 4.56. The SMILES string of the molecule is O=C1Nc2ccc(Cl)cc2C(CNC(=O)c2ccccc2-c2ccccc2)(C(F)(F)F)O1. The number of rotatable bonds is 4. The molecule has 9 heteroatoms. The first-order chi connectivity index (χ1) is 15.2. The molecule has 1 atom stereocenters. The lowest BCUT2D eigenvalue weighted by Crippen LogP contribution is -2.56. The summed E-state index contributed by atoms with van der Waals surface area (Å²) < 4.78 is 47.6. The van der Waals surface area contributed by atoms with Gasteiger partial charge in [0.2, 0.25) is 0 Å². The Morgan fingerprint density at radius 3 is 2.44 bits per heavy atom. The summed E-state index contributed by atoms with van der Waals surface area (Å²) in [7, 11) is 0. The van der Waals surface area contributed by atoms with Crippen LogP contribution in [0.3, 0.4) is 0 Å². The quantitative estimate of drug-likeness (QED) is 0.520. The second-order valence-electron chi connectivity index (χ2n) is 7.12. The number of fused-ring (bicyclic) bond motifs is 1. The van der Waals surface area contributed by atoms with Crippen LogP contribution in [0.4, 0.5) is 23.7 Å². The van der Waals surface area contributed by atoms with Crippen molar-refractivity contribution in [2.45, 2.75) is 11.8 Å². The number of cyclic esters (lactones) is 1. The number of anilines is 1. The molecule has 0 saturated carbocycles. The highest BCUT2D eigenvalue weighted by atomic mass is 35.5. The molecule has 0 fully saturated rings. The van der Waals surface area contributed by atoms with E-state index in [9.17, 15) is 22.8 Å². The van der Waals surface area contributed by atoms with Crippen molar-refractivity contribution >= 4 is 29.3 Å². The van der Waals surface area contributed by atoms with Gasteiger partial charge in [0, 0.05) is 16.1 Å². The van der Waals surface area contributed by atoms with Gasteiger partial charge in [0.25, 0.3) is 11.5 Å². The molecule has 0 saturated heterocycles. The van der Waals surface area contributed by atoms with E-state index in [1.54, 1.807) is 42.5 Å². The molecule has 1 aliphatic rings. The standard InChI is InChI=1S/C23H16ClF3N2O3/c24-15-10-11-19-18(12-15)22(23(25,26)27,32-21(31)29-19)13-28-20(30)17-9-5-4-8-16(17)14-6-2-1-3-7-14/h1-12H,13H2,(H,28,30)(H,29,31). The molecule has 1 unspecified atom stereocenters. The molecule has 3 aromatic carbocycles. The number of carbonyl (C=O) groups is 2. The summed E-state index contributed by atoms with van der Waals surface area (Å²) >= 11 is 5.91. The summed E-state index contributed by atoms with van der Waals surface area (Å²) in [4.78, 5) is 24.9. The number of benzene rings is 3. The summed E-state index contributed by atoms with van der Waals surface area (Å²) in [5.41, 5.74) is -2.13. The van der Waals surface area contributed by atoms with E-state index in [0.29, 0.717) is 5.56 Å². The largest absolute Gasteiger partial charge is 0.434 e. The minimum atomic E-state index is -5.03. The van der Waals surface area contributed by atoms with Crippen LogP contribution in [-0.4, -0.2) is 24.7 Å². The lowest BCUT2D eigenvalue weighted by atomic mass is 9.89. The highest BCUT2D eigenvalue weighted by molar-refractivity contribution is 6.30. The molecule has 164 valence electrons. The lowest BCUT2D eigenvalue weighted by molar-refractivity contribution is -0.261. The van der Waals surface area contributed by atoms with Crippen LogP contribution in [0.15, 0.2) is 72.8 Å². The zero-order valence-electron chi connectivity index (χ0n) is 16.4. The van der Waals surface area contributed by atoms with E-state index in [0.717, 1.165) is 11.6 Å². The van der Waals surface area contributed by atoms with Crippen molar-refractivity contribution in [2.75, 3.05) is 11.9 Å². The third kappa shape index (κ3) is 3.89. The number of nitrogens with one attached hydrogen (secondary N) is 2. The predicted octanol–water partition coefficient (Wildman–Crippen LogP) is 5.76. The molecule has 2 amide bonds. The van der Waals surface area contributed by atoms with Gasteiger partial charge in [-0.25, -0.2) is 4.79 Å². The monoisotopic (exact) mass is 460 g/mol. The number of alkyl halides is 3. The van der Waals surface area contributed by atoms with E-state index in [2.05, 4.69) is 10.6 Å². The van der Waals surface area contributed by atoms with E-state index in [1.165, 1.54) is 18.2 Å². The number of hydrogen-bond donors (Lipinski definition) is 2.